The monoisotopic (exact) mass is 344 g/mol. The second-order valence-electron chi connectivity index (χ2n) is 5.30. The molecule has 0 fully saturated rings. The predicted molar refractivity (Wildman–Crippen MR) is 90.2 cm³/mol. The van der Waals surface area contributed by atoms with Crippen molar-refractivity contribution in [1.29, 1.82) is 0 Å². The molecule has 5 nitrogen and oxygen atoms in total. The van der Waals surface area contributed by atoms with Crippen molar-refractivity contribution in [2.45, 2.75) is 13.8 Å². The van der Waals surface area contributed by atoms with E-state index in [1.54, 1.807) is 43.3 Å². The summed E-state index contributed by atoms with van der Waals surface area (Å²) < 4.78 is 15.2. The van der Waals surface area contributed by atoms with Gasteiger partial charge in [-0.1, -0.05) is 35.0 Å². The molecule has 1 aromatic heterocycles. The number of halogens is 2. The lowest BCUT2D eigenvalue weighted by molar-refractivity contribution is 0.102. The molecule has 1 heterocycles. The zero-order chi connectivity index (χ0) is 17.3. The summed E-state index contributed by atoms with van der Waals surface area (Å²) in [5.74, 6) is -0.877. The third kappa shape index (κ3) is 3.00. The third-order valence-electron chi connectivity index (χ3n) is 3.62. The van der Waals surface area contributed by atoms with E-state index < -0.39 is 11.7 Å². The second kappa shape index (κ2) is 6.41. The number of hydrogen-bond acceptors (Lipinski definition) is 3. The Balaban J connectivity index is 1.89. The fourth-order valence-electron chi connectivity index (χ4n) is 2.25. The molecule has 0 saturated heterocycles. The maximum absolute atomic E-state index is 13.9. The second-order valence-corrected chi connectivity index (χ2v) is 5.71. The number of rotatable bonds is 3. The van der Waals surface area contributed by atoms with Crippen LogP contribution in [-0.4, -0.2) is 20.9 Å². The molecule has 0 spiro atoms. The molecule has 0 unspecified atom stereocenters. The number of aromatic nitrogens is 3. The fourth-order valence-corrected chi connectivity index (χ4v) is 2.43. The maximum Gasteiger partial charge on any atom is 0.278 e. The summed E-state index contributed by atoms with van der Waals surface area (Å²) in [6, 6.07) is 11.4. The van der Waals surface area contributed by atoms with Gasteiger partial charge in [-0.2, -0.15) is 0 Å². The SMILES string of the molecule is Cc1ccc(NC(=O)c2nnn(-c3ccccc3F)c2C)cc1Cl. The highest BCUT2D eigenvalue weighted by molar-refractivity contribution is 6.31. The first kappa shape index (κ1) is 16.1. The van der Waals surface area contributed by atoms with Crippen LogP contribution in [0.15, 0.2) is 42.5 Å². The van der Waals surface area contributed by atoms with E-state index in [1.807, 2.05) is 6.92 Å². The first-order valence-corrected chi connectivity index (χ1v) is 7.60. The lowest BCUT2D eigenvalue weighted by Gasteiger charge is -2.07. The zero-order valence-electron chi connectivity index (χ0n) is 13.0. The highest BCUT2D eigenvalue weighted by Crippen LogP contribution is 2.21. The molecule has 0 radical (unpaired) electrons. The number of carbonyl (C=O) groups is 1. The normalized spacial score (nSPS) is 10.7. The van der Waals surface area contributed by atoms with Crippen molar-refractivity contribution in [2.75, 3.05) is 5.32 Å². The van der Waals surface area contributed by atoms with Crippen molar-refractivity contribution in [2.24, 2.45) is 0 Å². The number of nitrogens with one attached hydrogen (secondary N) is 1. The number of amides is 1. The van der Waals surface area contributed by atoms with Crippen molar-refractivity contribution < 1.29 is 9.18 Å². The summed E-state index contributed by atoms with van der Waals surface area (Å²) in [5, 5.41) is 11.0. The van der Waals surface area contributed by atoms with E-state index in [-0.39, 0.29) is 11.4 Å². The van der Waals surface area contributed by atoms with Gasteiger partial charge in [0.1, 0.15) is 11.5 Å². The molecule has 0 bridgehead atoms. The van der Waals surface area contributed by atoms with E-state index in [0.29, 0.717) is 16.4 Å². The average Bonchev–Trinajstić information content (AvgIpc) is 2.93. The molecule has 0 aliphatic heterocycles. The lowest BCUT2D eigenvalue weighted by Crippen LogP contribution is -2.14. The Kier molecular flexibility index (Phi) is 4.31. The van der Waals surface area contributed by atoms with E-state index >= 15 is 0 Å². The molecule has 1 amide bonds. The molecule has 3 rings (SSSR count). The number of benzene rings is 2. The molecular formula is C17H14ClFN4O. The Hall–Kier alpha value is -2.73. The van der Waals surface area contributed by atoms with Crippen molar-refractivity contribution in [3.05, 3.63) is 70.3 Å². The van der Waals surface area contributed by atoms with Gasteiger partial charge in [0.25, 0.3) is 5.91 Å². The highest BCUT2D eigenvalue weighted by atomic mass is 35.5. The summed E-state index contributed by atoms with van der Waals surface area (Å²) >= 11 is 6.05. The van der Waals surface area contributed by atoms with Crippen LogP contribution in [0, 0.1) is 19.7 Å². The molecular weight excluding hydrogens is 331 g/mol. The van der Waals surface area contributed by atoms with Crippen molar-refractivity contribution in [3.63, 3.8) is 0 Å². The van der Waals surface area contributed by atoms with Crippen LogP contribution >= 0.6 is 11.6 Å². The third-order valence-corrected chi connectivity index (χ3v) is 4.03. The number of nitrogens with zero attached hydrogens (tertiary/aromatic N) is 3. The quantitative estimate of drug-likeness (QED) is 0.783. The molecule has 2 aromatic carbocycles. The summed E-state index contributed by atoms with van der Waals surface area (Å²) in [5.41, 5.74) is 2.26. The van der Waals surface area contributed by atoms with Crippen LogP contribution in [0.5, 0.6) is 0 Å². The van der Waals surface area contributed by atoms with Crippen LogP contribution in [0.3, 0.4) is 0 Å². The van der Waals surface area contributed by atoms with Crippen LogP contribution in [0.25, 0.3) is 5.69 Å². The van der Waals surface area contributed by atoms with Crippen LogP contribution < -0.4 is 5.32 Å². The molecule has 3 aromatic rings. The van der Waals surface area contributed by atoms with E-state index in [0.717, 1.165) is 5.56 Å². The van der Waals surface area contributed by atoms with Crippen LogP contribution in [0.4, 0.5) is 10.1 Å². The molecule has 0 saturated carbocycles. The van der Waals surface area contributed by atoms with Gasteiger partial charge in [0.05, 0.1) is 5.69 Å². The van der Waals surface area contributed by atoms with Gasteiger partial charge in [0, 0.05) is 10.7 Å². The van der Waals surface area contributed by atoms with Gasteiger partial charge in [-0.25, -0.2) is 9.07 Å². The molecule has 0 atom stereocenters. The van der Waals surface area contributed by atoms with Gasteiger partial charge in [-0.15, -0.1) is 5.10 Å². The minimum atomic E-state index is -0.442. The number of aryl methyl sites for hydroxylation is 1. The average molecular weight is 345 g/mol. The number of para-hydroxylation sites is 1. The smallest absolute Gasteiger partial charge is 0.278 e. The minimum absolute atomic E-state index is 0.120. The van der Waals surface area contributed by atoms with E-state index in [4.69, 9.17) is 11.6 Å². The van der Waals surface area contributed by atoms with Crippen molar-refractivity contribution >= 4 is 23.2 Å². The topological polar surface area (TPSA) is 59.8 Å². The molecule has 0 aliphatic rings. The molecule has 1 N–H and O–H groups in total. The molecule has 24 heavy (non-hydrogen) atoms. The first-order valence-electron chi connectivity index (χ1n) is 7.22. The van der Waals surface area contributed by atoms with E-state index in [1.165, 1.54) is 10.7 Å². The fraction of sp³-hybridized carbons (Fsp3) is 0.118. The van der Waals surface area contributed by atoms with Gasteiger partial charge in [0.2, 0.25) is 0 Å². The molecule has 0 aliphatic carbocycles. The Bertz CT molecular complexity index is 923. The Morgan fingerprint density at radius 2 is 1.96 bits per heavy atom. The Labute approximate surface area is 143 Å². The maximum atomic E-state index is 13.9. The van der Waals surface area contributed by atoms with Crippen LogP contribution in [-0.2, 0) is 0 Å². The molecule has 7 heteroatoms. The Morgan fingerprint density at radius 1 is 1.21 bits per heavy atom. The minimum Gasteiger partial charge on any atom is -0.320 e. The van der Waals surface area contributed by atoms with Crippen molar-refractivity contribution in [1.82, 2.24) is 15.0 Å². The lowest BCUT2D eigenvalue weighted by atomic mass is 10.2. The van der Waals surface area contributed by atoms with Gasteiger partial charge < -0.3 is 5.32 Å². The highest BCUT2D eigenvalue weighted by Gasteiger charge is 2.19. The first-order chi connectivity index (χ1) is 11.5. The van der Waals surface area contributed by atoms with Gasteiger partial charge >= 0.3 is 0 Å². The summed E-state index contributed by atoms with van der Waals surface area (Å²) in [6.07, 6.45) is 0. The summed E-state index contributed by atoms with van der Waals surface area (Å²) in [6.45, 7) is 3.53. The van der Waals surface area contributed by atoms with E-state index in [2.05, 4.69) is 15.6 Å². The summed E-state index contributed by atoms with van der Waals surface area (Å²) in [7, 11) is 0. The molecule has 122 valence electrons. The zero-order valence-corrected chi connectivity index (χ0v) is 13.8. The number of hydrogen-bond donors (Lipinski definition) is 1. The van der Waals surface area contributed by atoms with Crippen LogP contribution in [0.2, 0.25) is 5.02 Å². The van der Waals surface area contributed by atoms with Gasteiger partial charge in [-0.3, -0.25) is 4.79 Å². The van der Waals surface area contributed by atoms with Crippen LogP contribution in [0.1, 0.15) is 21.7 Å². The largest absolute Gasteiger partial charge is 0.320 e. The van der Waals surface area contributed by atoms with Gasteiger partial charge in [-0.05, 0) is 43.7 Å². The predicted octanol–water partition coefficient (Wildman–Crippen LogP) is 3.93. The standard InChI is InChI=1S/C17H14ClFN4O/c1-10-7-8-12(9-13(10)18)20-17(24)16-11(2)23(22-21-16)15-6-4-3-5-14(15)19/h3-9H,1-2H3,(H,20,24). The summed E-state index contributed by atoms with van der Waals surface area (Å²) in [4.78, 5) is 12.4. The number of anilines is 1. The van der Waals surface area contributed by atoms with E-state index in [9.17, 15) is 9.18 Å². The Morgan fingerprint density at radius 3 is 2.67 bits per heavy atom. The number of carbonyl (C=O) groups excluding carboxylic acids is 1. The van der Waals surface area contributed by atoms with Gasteiger partial charge in [0.15, 0.2) is 5.69 Å². The van der Waals surface area contributed by atoms with Crippen molar-refractivity contribution in [3.8, 4) is 5.69 Å².